The highest BCUT2D eigenvalue weighted by atomic mass is 32.2. The van der Waals surface area contributed by atoms with Crippen LogP contribution in [-0.4, -0.2) is 57.8 Å². The van der Waals surface area contributed by atoms with Gasteiger partial charge in [-0.1, -0.05) is 0 Å². The maximum Gasteiger partial charge on any atom is 0.314 e. The van der Waals surface area contributed by atoms with Crippen molar-refractivity contribution >= 4 is 35.0 Å². The van der Waals surface area contributed by atoms with Gasteiger partial charge in [-0.05, 0) is 64.7 Å². The molecule has 0 aliphatic carbocycles. The van der Waals surface area contributed by atoms with E-state index in [1.807, 2.05) is 0 Å². The maximum absolute atomic E-state index is 11.4. The smallest absolute Gasteiger partial charge is 0.314 e. The van der Waals surface area contributed by atoms with Gasteiger partial charge in [0.05, 0.1) is 17.6 Å². The molecule has 1 unspecified atom stereocenters. The highest BCUT2D eigenvalue weighted by Gasteiger charge is 2.39. The molecule has 5 nitrogen and oxygen atoms in total. The third-order valence-corrected chi connectivity index (χ3v) is 14.7. The molecule has 9 heteroatoms. The fraction of sp³-hybridized carbons (Fsp3) is 1.00. The van der Waals surface area contributed by atoms with E-state index >= 15 is 0 Å². The summed E-state index contributed by atoms with van der Waals surface area (Å²) in [6, 6.07) is 0.904. The first-order valence-electron chi connectivity index (χ1n) is 8.42. The lowest BCUT2D eigenvalue weighted by Gasteiger charge is -2.38. The molecule has 1 aliphatic heterocycles. The van der Waals surface area contributed by atoms with Gasteiger partial charge >= 0.3 is 8.56 Å². The largest absolute Gasteiger partial charge is 0.437 e. The molecule has 0 aromatic carbocycles. The highest BCUT2D eigenvalue weighted by Crippen LogP contribution is 2.25. The minimum absolute atomic E-state index is 0.122. The summed E-state index contributed by atoms with van der Waals surface area (Å²) in [5, 5.41) is 0. The van der Waals surface area contributed by atoms with Crippen LogP contribution in [0, 0.1) is 0 Å². The van der Waals surface area contributed by atoms with Crippen LogP contribution in [0.4, 0.5) is 0 Å². The van der Waals surface area contributed by atoms with Crippen molar-refractivity contribution in [1.82, 2.24) is 0 Å². The van der Waals surface area contributed by atoms with Crippen molar-refractivity contribution in [3.8, 4) is 0 Å². The Balaban J connectivity index is 2.48. The van der Waals surface area contributed by atoms with Gasteiger partial charge in [0.1, 0.15) is 0 Å². The van der Waals surface area contributed by atoms with Crippen molar-refractivity contribution < 1.29 is 21.4 Å². The van der Waals surface area contributed by atoms with E-state index in [4.69, 9.17) is 13.0 Å². The van der Waals surface area contributed by atoms with Crippen molar-refractivity contribution in [2.45, 2.75) is 70.8 Å². The molecule has 0 bridgehead atoms. The molecular formula is C14H34O5SSi3. The minimum atomic E-state index is -2.86. The first kappa shape index (κ1) is 21.5. The predicted molar refractivity (Wildman–Crippen MR) is 103 cm³/mol. The lowest BCUT2D eigenvalue weighted by atomic mass is 10.3. The van der Waals surface area contributed by atoms with Crippen LogP contribution in [0.2, 0.25) is 51.9 Å². The Labute approximate surface area is 145 Å². The monoisotopic (exact) mass is 398 g/mol. The van der Waals surface area contributed by atoms with E-state index < -0.39 is 35.0 Å². The molecule has 1 rings (SSSR count). The zero-order valence-electron chi connectivity index (χ0n) is 15.8. The number of sulfone groups is 1. The first-order valence-corrected chi connectivity index (χ1v) is 19.6. The van der Waals surface area contributed by atoms with Crippen molar-refractivity contribution in [2.24, 2.45) is 0 Å². The Morgan fingerprint density at radius 1 is 0.957 bits per heavy atom. The van der Waals surface area contributed by atoms with Gasteiger partial charge < -0.3 is 13.0 Å². The zero-order chi connectivity index (χ0) is 17.9. The zero-order valence-corrected chi connectivity index (χ0v) is 19.6. The van der Waals surface area contributed by atoms with Crippen LogP contribution in [-0.2, 0) is 22.8 Å². The second-order valence-electron chi connectivity index (χ2n) is 8.56. The summed E-state index contributed by atoms with van der Waals surface area (Å²) >= 11 is 0. The van der Waals surface area contributed by atoms with Gasteiger partial charge in [0.25, 0.3) is 0 Å². The van der Waals surface area contributed by atoms with Gasteiger partial charge in [0.15, 0.2) is 26.5 Å². The number of hydrogen-bond donors (Lipinski definition) is 0. The summed E-state index contributed by atoms with van der Waals surface area (Å²) in [4.78, 5) is 0. The quantitative estimate of drug-likeness (QED) is 0.440. The molecule has 1 saturated heterocycles. The summed E-state index contributed by atoms with van der Waals surface area (Å²) in [5.74, 6) is 0.445. The van der Waals surface area contributed by atoms with Crippen LogP contribution in [0.3, 0.4) is 0 Å². The van der Waals surface area contributed by atoms with Gasteiger partial charge in [-0.15, -0.1) is 0 Å². The average molecular weight is 399 g/mol. The molecule has 0 spiro atoms. The summed E-state index contributed by atoms with van der Waals surface area (Å²) in [7, 11) is -8.38. The molecular weight excluding hydrogens is 364 g/mol. The van der Waals surface area contributed by atoms with Gasteiger partial charge in [-0.3, -0.25) is 0 Å². The molecule has 138 valence electrons. The second-order valence-corrected chi connectivity index (χ2v) is 23.6. The van der Waals surface area contributed by atoms with Crippen LogP contribution < -0.4 is 0 Å². The normalized spacial score (nSPS) is 22.5. The Morgan fingerprint density at radius 2 is 1.48 bits per heavy atom. The minimum Gasteiger partial charge on any atom is -0.437 e. The van der Waals surface area contributed by atoms with Gasteiger partial charge in [0.2, 0.25) is 0 Å². The van der Waals surface area contributed by atoms with Gasteiger partial charge in [0, 0.05) is 6.61 Å². The second kappa shape index (κ2) is 7.79. The standard InChI is InChI=1S/C14H34O5SSi3/c1-21(2,3)18-23(7,19-22(4,5)6)12-8-10-17-14-9-11-20(15,16)13-14/h14H,8-13H2,1-7H3. The van der Waals surface area contributed by atoms with E-state index in [2.05, 4.69) is 45.8 Å². The molecule has 0 N–H and O–H groups in total. The molecule has 0 saturated carbocycles. The molecule has 0 aromatic rings. The van der Waals surface area contributed by atoms with Crippen molar-refractivity contribution in [1.29, 1.82) is 0 Å². The summed E-state index contributed by atoms with van der Waals surface area (Å²) in [6.07, 6.45) is 1.38. The summed E-state index contributed by atoms with van der Waals surface area (Å²) in [6.45, 7) is 16.0. The van der Waals surface area contributed by atoms with E-state index in [0.29, 0.717) is 13.0 Å². The average Bonchev–Trinajstić information content (AvgIpc) is 2.59. The number of rotatable bonds is 9. The SMILES string of the molecule is C[Si](C)(C)O[Si](C)(CCCOC1CCS(=O)(=O)C1)O[Si](C)(C)C. The first-order chi connectivity index (χ1) is 10.2. The third-order valence-electron chi connectivity index (χ3n) is 3.36. The summed E-state index contributed by atoms with van der Waals surface area (Å²) < 4.78 is 41.5. The van der Waals surface area contributed by atoms with Crippen molar-refractivity contribution in [2.75, 3.05) is 18.1 Å². The maximum atomic E-state index is 11.4. The topological polar surface area (TPSA) is 61.8 Å². The fourth-order valence-corrected chi connectivity index (χ4v) is 17.1. The molecule has 1 heterocycles. The van der Waals surface area contributed by atoms with Crippen LogP contribution in [0.25, 0.3) is 0 Å². The molecule has 1 atom stereocenters. The van der Waals surface area contributed by atoms with E-state index in [1.54, 1.807) is 0 Å². The van der Waals surface area contributed by atoms with E-state index in [9.17, 15) is 8.42 Å². The van der Waals surface area contributed by atoms with Crippen LogP contribution in [0.1, 0.15) is 12.8 Å². The fourth-order valence-electron chi connectivity index (χ4n) is 2.95. The molecule has 0 aromatic heterocycles. The molecule has 1 aliphatic rings. The van der Waals surface area contributed by atoms with Crippen molar-refractivity contribution in [3.63, 3.8) is 0 Å². The van der Waals surface area contributed by atoms with Gasteiger partial charge in [-0.2, -0.15) is 0 Å². The third kappa shape index (κ3) is 9.52. The van der Waals surface area contributed by atoms with E-state index in [-0.39, 0.29) is 17.6 Å². The van der Waals surface area contributed by atoms with Crippen molar-refractivity contribution in [3.05, 3.63) is 0 Å². The Kier molecular flexibility index (Phi) is 7.29. The molecule has 1 fully saturated rings. The molecule has 0 radical (unpaired) electrons. The number of hydrogen-bond acceptors (Lipinski definition) is 5. The lowest BCUT2D eigenvalue weighted by Crippen LogP contribution is -2.52. The lowest BCUT2D eigenvalue weighted by molar-refractivity contribution is 0.0705. The predicted octanol–water partition coefficient (Wildman–Crippen LogP) is 3.36. The summed E-state index contributed by atoms with van der Waals surface area (Å²) in [5.41, 5.74) is 0. The van der Waals surface area contributed by atoms with Gasteiger partial charge in [-0.25, -0.2) is 8.42 Å². The van der Waals surface area contributed by atoms with Crippen LogP contribution >= 0.6 is 0 Å². The Bertz CT molecular complexity index is 466. The molecule has 23 heavy (non-hydrogen) atoms. The highest BCUT2D eigenvalue weighted by molar-refractivity contribution is 7.91. The van der Waals surface area contributed by atoms with E-state index in [1.165, 1.54) is 0 Å². The van der Waals surface area contributed by atoms with E-state index in [0.717, 1.165) is 12.5 Å². The molecule has 0 amide bonds. The van der Waals surface area contributed by atoms with Crippen LogP contribution in [0.15, 0.2) is 0 Å². The van der Waals surface area contributed by atoms with Crippen LogP contribution in [0.5, 0.6) is 0 Å². The Hall–Kier alpha value is 0.481. The number of ether oxygens (including phenoxy) is 1. The Morgan fingerprint density at radius 3 is 1.87 bits per heavy atom.